The van der Waals surface area contributed by atoms with Crippen molar-refractivity contribution in [3.63, 3.8) is 0 Å². The second kappa shape index (κ2) is 4.02. The number of allylic oxidation sites excluding steroid dienone is 1. The average Bonchev–Trinajstić information content (AvgIpc) is 2.86. The smallest absolute Gasteiger partial charge is 0.150 e. The predicted molar refractivity (Wildman–Crippen MR) is 70.0 cm³/mol. The Balaban J connectivity index is 2.08. The van der Waals surface area contributed by atoms with Crippen LogP contribution in [0.3, 0.4) is 0 Å². The van der Waals surface area contributed by atoms with Crippen molar-refractivity contribution in [1.29, 1.82) is 0 Å². The number of carbonyl (C=O) groups excluding carboxylic acids is 1. The summed E-state index contributed by atoms with van der Waals surface area (Å²) in [6.07, 6.45) is 6.25. The molecule has 0 fully saturated rings. The molecule has 1 heteroatoms. The number of hydrogen-bond acceptors (Lipinski definition) is 1. The summed E-state index contributed by atoms with van der Waals surface area (Å²) in [5.74, 6) is 0. The summed E-state index contributed by atoms with van der Waals surface area (Å²) in [7, 11) is 0. The molecule has 2 aromatic rings. The van der Waals surface area contributed by atoms with Crippen molar-refractivity contribution in [2.75, 3.05) is 0 Å². The predicted octanol–water partition coefficient (Wildman–Crippen LogP) is 3.74. The fourth-order valence-electron chi connectivity index (χ4n) is 2.22. The van der Waals surface area contributed by atoms with Gasteiger partial charge in [-0.2, -0.15) is 0 Å². The molecule has 0 saturated heterocycles. The lowest BCUT2D eigenvalue weighted by Crippen LogP contribution is -1.85. The molecule has 0 unspecified atom stereocenters. The van der Waals surface area contributed by atoms with E-state index in [1.54, 1.807) is 0 Å². The lowest BCUT2D eigenvalue weighted by atomic mass is 9.99. The molecular weight excluding hydrogens is 208 g/mol. The molecule has 0 N–H and O–H groups in total. The lowest BCUT2D eigenvalue weighted by Gasteiger charge is -2.05. The highest BCUT2D eigenvalue weighted by molar-refractivity contribution is 5.79. The summed E-state index contributed by atoms with van der Waals surface area (Å²) in [6.45, 7) is 0. The number of aldehydes is 1. The highest BCUT2D eigenvalue weighted by Crippen LogP contribution is 2.27. The Bertz CT molecular complexity index is 609. The fraction of sp³-hybridized carbons (Fsp3) is 0.0625. The molecule has 0 heterocycles. The highest BCUT2D eigenvalue weighted by Gasteiger charge is 2.06. The minimum Gasteiger partial charge on any atom is -0.298 e. The van der Waals surface area contributed by atoms with Gasteiger partial charge in [-0.25, -0.2) is 0 Å². The van der Waals surface area contributed by atoms with Crippen molar-refractivity contribution in [1.82, 2.24) is 0 Å². The van der Waals surface area contributed by atoms with Gasteiger partial charge in [0, 0.05) is 5.56 Å². The Kier molecular flexibility index (Phi) is 2.37. The molecule has 0 aromatic heterocycles. The first-order valence-electron chi connectivity index (χ1n) is 5.72. The Labute approximate surface area is 100 Å². The summed E-state index contributed by atoms with van der Waals surface area (Å²) >= 11 is 0. The van der Waals surface area contributed by atoms with Crippen LogP contribution in [-0.4, -0.2) is 6.29 Å². The number of rotatable bonds is 2. The molecule has 1 aliphatic rings. The van der Waals surface area contributed by atoms with Gasteiger partial charge < -0.3 is 0 Å². The average molecular weight is 220 g/mol. The maximum absolute atomic E-state index is 10.8. The maximum Gasteiger partial charge on any atom is 0.150 e. The number of benzene rings is 2. The van der Waals surface area contributed by atoms with E-state index in [-0.39, 0.29) is 0 Å². The van der Waals surface area contributed by atoms with Crippen molar-refractivity contribution in [3.05, 3.63) is 65.2 Å². The van der Waals surface area contributed by atoms with E-state index in [2.05, 4.69) is 30.4 Å². The van der Waals surface area contributed by atoms with Crippen LogP contribution >= 0.6 is 0 Å². The molecule has 1 aliphatic carbocycles. The summed E-state index contributed by atoms with van der Waals surface area (Å²) in [5, 5.41) is 0. The first kappa shape index (κ1) is 10.0. The van der Waals surface area contributed by atoms with Crippen molar-refractivity contribution in [3.8, 4) is 11.1 Å². The number of hydrogen-bond donors (Lipinski definition) is 0. The van der Waals surface area contributed by atoms with Crippen molar-refractivity contribution in [2.45, 2.75) is 6.42 Å². The van der Waals surface area contributed by atoms with Crippen LogP contribution in [0.15, 0.2) is 48.5 Å². The van der Waals surface area contributed by atoms with E-state index in [1.807, 2.05) is 24.3 Å². The molecule has 0 atom stereocenters. The van der Waals surface area contributed by atoms with E-state index in [1.165, 1.54) is 16.7 Å². The molecule has 17 heavy (non-hydrogen) atoms. The van der Waals surface area contributed by atoms with Crippen LogP contribution in [-0.2, 0) is 6.42 Å². The van der Waals surface area contributed by atoms with Gasteiger partial charge in [-0.05, 0) is 40.8 Å². The topological polar surface area (TPSA) is 17.1 Å². The van der Waals surface area contributed by atoms with Crippen molar-refractivity contribution >= 4 is 12.4 Å². The highest BCUT2D eigenvalue weighted by atomic mass is 16.1. The van der Waals surface area contributed by atoms with Gasteiger partial charge in [0.25, 0.3) is 0 Å². The second-order valence-electron chi connectivity index (χ2n) is 4.26. The zero-order valence-corrected chi connectivity index (χ0v) is 9.39. The summed E-state index contributed by atoms with van der Waals surface area (Å²) in [6, 6.07) is 14.2. The van der Waals surface area contributed by atoms with Gasteiger partial charge in [-0.15, -0.1) is 0 Å². The lowest BCUT2D eigenvalue weighted by molar-refractivity contribution is 0.112. The zero-order valence-electron chi connectivity index (χ0n) is 9.39. The normalized spacial score (nSPS) is 12.5. The Morgan fingerprint density at radius 3 is 2.76 bits per heavy atom. The molecule has 2 aromatic carbocycles. The monoisotopic (exact) mass is 220 g/mol. The van der Waals surface area contributed by atoms with Crippen LogP contribution in [0.4, 0.5) is 0 Å². The standard InChI is InChI=1S/C16H12O/c17-11-12-3-1-5-14(9-12)16-8-7-13-4-2-6-15(13)10-16/h1-3,5-11H,4H2. The van der Waals surface area contributed by atoms with Gasteiger partial charge in [-0.1, -0.05) is 42.5 Å². The summed E-state index contributed by atoms with van der Waals surface area (Å²) < 4.78 is 0. The molecule has 1 nitrogen and oxygen atoms in total. The van der Waals surface area contributed by atoms with Crippen LogP contribution in [0.2, 0.25) is 0 Å². The van der Waals surface area contributed by atoms with Crippen molar-refractivity contribution in [2.24, 2.45) is 0 Å². The Hall–Kier alpha value is -2.15. The Morgan fingerprint density at radius 2 is 1.88 bits per heavy atom. The molecular formula is C16H12O. The van der Waals surface area contributed by atoms with Crippen LogP contribution in [0, 0.1) is 0 Å². The van der Waals surface area contributed by atoms with Gasteiger partial charge in [0.2, 0.25) is 0 Å². The molecule has 3 rings (SSSR count). The van der Waals surface area contributed by atoms with E-state index in [9.17, 15) is 4.79 Å². The zero-order chi connectivity index (χ0) is 11.7. The summed E-state index contributed by atoms with van der Waals surface area (Å²) in [4.78, 5) is 10.8. The van der Waals surface area contributed by atoms with E-state index < -0.39 is 0 Å². The van der Waals surface area contributed by atoms with Gasteiger partial charge in [-0.3, -0.25) is 4.79 Å². The molecule has 0 saturated carbocycles. The molecule has 0 aliphatic heterocycles. The first-order chi connectivity index (χ1) is 8.36. The van der Waals surface area contributed by atoms with Gasteiger partial charge in [0.05, 0.1) is 0 Å². The minimum atomic E-state index is 0.721. The number of fused-ring (bicyclic) bond motifs is 1. The maximum atomic E-state index is 10.8. The molecule has 0 amide bonds. The van der Waals surface area contributed by atoms with Crippen LogP contribution in [0.5, 0.6) is 0 Å². The van der Waals surface area contributed by atoms with Gasteiger partial charge in [0.1, 0.15) is 6.29 Å². The quantitative estimate of drug-likeness (QED) is 0.705. The third-order valence-electron chi connectivity index (χ3n) is 3.14. The van der Waals surface area contributed by atoms with Gasteiger partial charge in [0.15, 0.2) is 0 Å². The second-order valence-corrected chi connectivity index (χ2v) is 4.26. The molecule has 0 bridgehead atoms. The van der Waals surface area contributed by atoms with E-state index in [0.29, 0.717) is 0 Å². The fourth-order valence-corrected chi connectivity index (χ4v) is 2.22. The largest absolute Gasteiger partial charge is 0.298 e. The van der Waals surface area contributed by atoms with Crippen molar-refractivity contribution < 1.29 is 4.79 Å². The van der Waals surface area contributed by atoms with Crippen LogP contribution in [0.25, 0.3) is 17.2 Å². The van der Waals surface area contributed by atoms with E-state index >= 15 is 0 Å². The molecule has 0 spiro atoms. The molecule has 0 radical (unpaired) electrons. The van der Waals surface area contributed by atoms with Crippen LogP contribution in [0.1, 0.15) is 21.5 Å². The minimum absolute atomic E-state index is 0.721. The SMILES string of the molecule is O=Cc1cccc(-c2ccc3c(c2)C=CC3)c1. The molecule has 82 valence electrons. The third-order valence-corrected chi connectivity index (χ3v) is 3.14. The third kappa shape index (κ3) is 1.80. The van der Waals surface area contributed by atoms with E-state index in [0.717, 1.165) is 23.8 Å². The van der Waals surface area contributed by atoms with Gasteiger partial charge >= 0.3 is 0 Å². The summed E-state index contributed by atoms with van der Waals surface area (Å²) in [5.41, 5.74) is 5.65. The van der Waals surface area contributed by atoms with E-state index in [4.69, 9.17) is 0 Å². The first-order valence-corrected chi connectivity index (χ1v) is 5.72. The number of carbonyl (C=O) groups is 1. The van der Waals surface area contributed by atoms with Crippen LogP contribution < -0.4 is 0 Å². The Morgan fingerprint density at radius 1 is 1.00 bits per heavy atom.